The van der Waals surface area contributed by atoms with Gasteiger partial charge in [-0.25, -0.2) is 4.79 Å². The maximum Gasteiger partial charge on any atom is 0.336 e. The summed E-state index contributed by atoms with van der Waals surface area (Å²) in [5.74, 6) is 0.181. The van der Waals surface area contributed by atoms with Gasteiger partial charge >= 0.3 is 5.97 Å². The highest BCUT2D eigenvalue weighted by molar-refractivity contribution is 9.10. The molecule has 0 fully saturated rings. The Labute approximate surface area is 178 Å². The number of esters is 1. The van der Waals surface area contributed by atoms with Crippen molar-refractivity contribution in [2.45, 2.75) is 46.5 Å². The Morgan fingerprint density at radius 3 is 2.79 bits per heavy atom. The van der Waals surface area contributed by atoms with Crippen LogP contribution in [0, 0.1) is 5.41 Å². The Balaban J connectivity index is 1.96. The molecule has 1 atom stereocenters. The smallest absolute Gasteiger partial charge is 0.336 e. The van der Waals surface area contributed by atoms with Crippen LogP contribution in [0.15, 0.2) is 39.1 Å². The fraction of sp³-hybridized carbons (Fsp3) is 0.455. The number of ketones is 1. The van der Waals surface area contributed by atoms with Gasteiger partial charge in [0.2, 0.25) is 6.79 Å². The molecule has 0 amide bonds. The number of fused-ring (bicyclic) bond motifs is 1. The quantitative estimate of drug-likeness (QED) is 0.674. The van der Waals surface area contributed by atoms with Crippen LogP contribution in [0.2, 0.25) is 0 Å². The molecule has 3 aliphatic rings. The van der Waals surface area contributed by atoms with E-state index in [-0.39, 0.29) is 24.6 Å². The summed E-state index contributed by atoms with van der Waals surface area (Å²) in [7, 11) is 0. The van der Waals surface area contributed by atoms with Gasteiger partial charge in [0.25, 0.3) is 0 Å². The SMILES string of the molecule is CCOC(=O)C1=C(C)NC2=C(C(=O)CC(C)(C)C2)[C@H]1c1c(Br)ccc2c1OCO2. The maximum absolute atomic E-state index is 13.3. The standard InChI is InChI=1S/C22H24BrNO5/c1-5-27-21(26)16-11(2)24-13-8-22(3,4)9-14(25)18(13)19(16)17-12(23)6-7-15-20(17)29-10-28-15/h6-7,19,24H,5,8-10H2,1-4H3/t19-/m1/s1. The van der Waals surface area contributed by atoms with Crippen LogP contribution in [-0.2, 0) is 14.3 Å². The molecule has 0 spiro atoms. The van der Waals surface area contributed by atoms with E-state index in [0.29, 0.717) is 34.8 Å². The van der Waals surface area contributed by atoms with Crippen molar-refractivity contribution in [2.75, 3.05) is 13.4 Å². The van der Waals surface area contributed by atoms with E-state index in [1.54, 1.807) is 6.92 Å². The van der Waals surface area contributed by atoms with Crippen LogP contribution >= 0.6 is 15.9 Å². The number of halogens is 1. The molecule has 154 valence electrons. The molecule has 0 bridgehead atoms. The van der Waals surface area contributed by atoms with Gasteiger partial charge in [-0.2, -0.15) is 0 Å². The molecule has 1 aromatic carbocycles. The number of hydrogen-bond acceptors (Lipinski definition) is 6. The molecule has 0 saturated carbocycles. The summed E-state index contributed by atoms with van der Waals surface area (Å²) < 4.78 is 17.4. The van der Waals surface area contributed by atoms with Gasteiger partial charge in [-0.3, -0.25) is 4.79 Å². The van der Waals surface area contributed by atoms with E-state index in [2.05, 4.69) is 35.1 Å². The zero-order valence-electron chi connectivity index (χ0n) is 17.0. The van der Waals surface area contributed by atoms with E-state index < -0.39 is 11.9 Å². The average Bonchev–Trinajstić information content (AvgIpc) is 3.08. The van der Waals surface area contributed by atoms with Crippen molar-refractivity contribution in [1.82, 2.24) is 5.32 Å². The van der Waals surface area contributed by atoms with Crippen molar-refractivity contribution in [3.05, 3.63) is 44.7 Å². The largest absolute Gasteiger partial charge is 0.463 e. The van der Waals surface area contributed by atoms with Gasteiger partial charge in [-0.05, 0) is 37.8 Å². The number of dihydropyridines is 1. The van der Waals surface area contributed by atoms with Crippen LogP contribution in [0.1, 0.15) is 52.0 Å². The van der Waals surface area contributed by atoms with E-state index in [9.17, 15) is 9.59 Å². The first-order valence-corrected chi connectivity index (χ1v) is 10.5. The molecular formula is C22H24BrNO5. The van der Waals surface area contributed by atoms with E-state index in [1.165, 1.54) is 0 Å². The number of Topliss-reactive ketones (excluding diaryl/α,β-unsaturated/α-hetero) is 1. The zero-order chi connectivity index (χ0) is 20.9. The van der Waals surface area contributed by atoms with Crippen molar-refractivity contribution >= 4 is 27.7 Å². The lowest BCUT2D eigenvalue weighted by molar-refractivity contribution is -0.138. The molecule has 29 heavy (non-hydrogen) atoms. The fourth-order valence-electron chi connectivity index (χ4n) is 4.44. The van der Waals surface area contributed by atoms with Gasteiger partial charge in [0.1, 0.15) is 0 Å². The lowest BCUT2D eigenvalue weighted by Gasteiger charge is -2.39. The Morgan fingerprint density at radius 2 is 2.07 bits per heavy atom. The number of nitrogens with one attached hydrogen (secondary N) is 1. The maximum atomic E-state index is 13.3. The van der Waals surface area contributed by atoms with Crippen LogP contribution in [0.3, 0.4) is 0 Å². The third kappa shape index (κ3) is 3.35. The lowest BCUT2D eigenvalue weighted by Crippen LogP contribution is -2.38. The Hall–Kier alpha value is -2.28. The molecule has 2 heterocycles. The van der Waals surface area contributed by atoms with E-state index in [4.69, 9.17) is 14.2 Å². The number of ether oxygens (including phenoxy) is 3. The Kier molecular flexibility index (Phi) is 4.97. The molecule has 1 N–H and O–H groups in total. The number of carbonyl (C=O) groups is 2. The summed E-state index contributed by atoms with van der Waals surface area (Å²) in [6.45, 7) is 8.14. The summed E-state index contributed by atoms with van der Waals surface area (Å²) in [5.41, 5.74) is 3.19. The monoisotopic (exact) mass is 461 g/mol. The van der Waals surface area contributed by atoms with E-state index in [0.717, 1.165) is 22.2 Å². The molecule has 2 aliphatic heterocycles. The highest BCUT2D eigenvalue weighted by Crippen LogP contribution is 2.53. The highest BCUT2D eigenvalue weighted by atomic mass is 79.9. The fourth-order valence-corrected chi connectivity index (χ4v) is 4.98. The van der Waals surface area contributed by atoms with Crippen LogP contribution in [0.5, 0.6) is 11.5 Å². The minimum Gasteiger partial charge on any atom is -0.463 e. The van der Waals surface area contributed by atoms with Gasteiger partial charge in [-0.15, -0.1) is 0 Å². The molecule has 6 nitrogen and oxygen atoms in total. The third-order valence-electron chi connectivity index (χ3n) is 5.55. The highest BCUT2D eigenvalue weighted by Gasteiger charge is 2.45. The number of benzene rings is 1. The third-order valence-corrected chi connectivity index (χ3v) is 6.24. The molecule has 1 aromatic rings. The second-order valence-corrected chi connectivity index (χ2v) is 9.20. The molecule has 7 heteroatoms. The van der Waals surface area contributed by atoms with E-state index >= 15 is 0 Å². The normalized spacial score (nSPS) is 22.4. The van der Waals surface area contributed by atoms with Crippen LogP contribution in [0.25, 0.3) is 0 Å². The lowest BCUT2D eigenvalue weighted by atomic mass is 9.68. The van der Waals surface area contributed by atoms with Crippen LogP contribution in [0.4, 0.5) is 0 Å². The number of allylic oxidation sites excluding steroid dienone is 3. The summed E-state index contributed by atoms with van der Waals surface area (Å²) in [6, 6.07) is 3.68. The minimum absolute atomic E-state index is 0.0338. The molecule has 4 rings (SSSR count). The van der Waals surface area contributed by atoms with Crippen molar-refractivity contribution in [3.63, 3.8) is 0 Å². The first kappa shape index (κ1) is 20.0. The van der Waals surface area contributed by atoms with Gasteiger partial charge in [0.15, 0.2) is 17.3 Å². The molecule has 0 aromatic heterocycles. The predicted octanol–water partition coefficient (Wildman–Crippen LogP) is 4.34. The van der Waals surface area contributed by atoms with Gasteiger partial charge < -0.3 is 19.5 Å². The Morgan fingerprint density at radius 1 is 1.31 bits per heavy atom. The van der Waals surface area contributed by atoms with E-state index in [1.807, 2.05) is 19.1 Å². The average molecular weight is 462 g/mol. The molecular weight excluding hydrogens is 438 g/mol. The summed E-state index contributed by atoms with van der Waals surface area (Å²) in [4.78, 5) is 26.3. The van der Waals surface area contributed by atoms with Crippen molar-refractivity contribution < 1.29 is 23.8 Å². The Bertz CT molecular complexity index is 976. The summed E-state index contributed by atoms with van der Waals surface area (Å²) in [5, 5.41) is 3.33. The molecule has 0 radical (unpaired) electrons. The second-order valence-electron chi connectivity index (χ2n) is 8.35. The van der Waals surface area contributed by atoms with Crippen LogP contribution < -0.4 is 14.8 Å². The summed E-state index contributed by atoms with van der Waals surface area (Å²) in [6.07, 6.45) is 1.14. The first-order chi connectivity index (χ1) is 13.7. The number of rotatable bonds is 3. The van der Waals surface area contributed by atoms with Crippen LogP contribution in [-0.4, -0.2) is 25.2 Å². The van der Waals surface area contributed by atoms with Crippen molar-refractivity contribution in [2.24, 2.45) is 5.41 Å². The van der Waals surface area contributed by atoms with Crippen molar-refractivity contribution in [1.29, 1.82) is 0 Å². The first-order valence-electron chi connectivity index (χ1n) is 9.72. The van der Waals surface area contributed by atoms with Gasteiger partial charge in [0, 0.05) is 33.4 Å². The summed E-state index contributed by atoms with van der Waals surface area (Å²) >= 11 is 3.62. The molecule has 0 unspecified atom stereocenters. The number of carbonyl (C=O) groups excluding carboxylic acids is 2. The topological polar surface area (TPSA) is 73.9 Å². The minimum atomic E-state index is -0.583. The van der Waals surface area contributed by atoms with Gasteiger partial charge in [-0.1, -0.05) is 29.8 Å². The number of hydrogen-bond donors (Lipinski definition) is 1. The van der Waals surface area contributed by atoms with Crippen molar-refractivity contribution in [3.8, 4) is 11.5 Å². The predicted molar refractivity (Wildman–Crippen MR) is 111 cm³/mol. The molecule has 1 aliphatic carbocycles. The second kappa shape index (κ2) is 7.20. The molecule has 0 saturated heterocycles. The zero-order valence-corrected chi connectivity index (χ0v) is 18.6. The van der Waals surface area contributed by atoms with Gasteiger partial charge in [0.05, 0.1) is 18.1 Å².